The summed E-state index contributed by atoms with van der Waals surface area (Å²) in [4.78, 5) is 0. The standard InChI is InChI=1S/C11H14O2/c1-7-8(2)13-10-6-4-3-5-9(10)11(7)12/h3-8,11-12H,1-2H3/t7-,8-,11+/m0/s1. The summed E-state index contributed by atoms with van der Waals surface area (Å²) in [6, 6.07) is 7.67. The molecule has 1 aromatic carbocycles. The van der Waals surface area contributed by atoms with Crippen molar-refractivity contribution in [2.24, 2.45) is 5.92 Å². The van der Waals surface area contributed by atoms with E-state index in [0.717, 1.165) is 11.3 Å². The van der Waals surface area contributed by atoms with Crippen molar-refractivity contribution >= 4 is 0 Å². The minimum Gasteiger partial charge on any atom is -0.490 e. The molecule has 3 atom stereocenters. The van der Waals surface area contributed by atoms with Crippen LogP contribution in [0, 0.1) is 5.92 Å². The first-order valence-electron chi connectivity index (χ1n) is 4.64. The number of hydrogen-bond acceptors (Lipinski definition) is 2. The van der Waals surface area contributed by atoms with Gasteiger partial charge in [0.25, 0.3) is 0 Å². The maximum atomic E-state index is 9.92. The predicted molar refractivity (Wildman–Crippen MR) is 50.7 cm³/mol. The van der Waals surface area contributed by atoms with E-state index in [0.29, 0.717) is 0 Å². The van der Waals surface area contributed by atoms with Crippen molar-refractivity contribution in [3.05, 3.63) is 29.8 Å². The van der Waals surface area contributed by atoms with E-state index in [1.807, 2.05) is 38.1 Å². The van der Waals surface area contributed by atoms with Gasteiger partial charge < -0.3 is 9.84 Å². The van der Waals surface area contributed by atoms with Crippen molar-refractivity contribution in [1.29, 1.82) is 0 Å². The van der Waals surface area contributed by atoms with Gasteiger partial charge in [0.2, 0.25) is 0 Å². The van der Waals surface area contributed by atoms with Crippen LogP contribution in [0.1, 0.15) is 25.5 Å². The third kappa shape index (κ3) is 1.31. The van der Waals surface area contributed by atoms with Crippen LogP contribution >= 0.6 is 0 Å². The van der Waals surface area contributed by atoms with Gasteiger partial charge in [-0.25, -0.2) is 0 Å². The molecule has 0 radical (unpaired) electrons. The molecule has 0 aromatic heterocycles. The van der Waals surface area contributed by atoms with Gasteiger partial charge in [-0.3, -0.25) is 0 Å². The number of aliphatic hydroxyl groups is 1. The summed E-state index contributed by atoms with van der Waals surface area (Å²) in [5.74, 6) is 0.982. The van der Waals surface area contributed by atoms with Crippen molar-refractivity contribution in [3.63, 3.8) is 0 Å². The molecule has 2 heteroatoms. The molecule has 13 heavy (non-hydrogen) atoms. The van der Waals surface area contributed by atoms with Crippen LogP contribution in [-0.2, 0) is 0 Å². The molecule has 70 valence electrons. The van der Waals surface area contributed by atoms with E-state index in [1.165, 1.54) is 0 Å². The number of para-hydroxylation sites is 1. The largest absolute Gasteiger partial charge is 0.490 e. The Bertz CT molecular complexity index is 309. The summed E-state index contributed by atoms with van der Waals surface area (Å²) in [5.41, 5.74) is 0.910. The maximum Gasteiger partial charge on any atom is 0.125 e. The first-order valence-corrected chi connectivity index (χ1v) is 4.64. The minimum absolute atomic E-state index is 0.0879. The van der Waals surface area contributed by atoms with Crippen LogP contribution in [0.15, 0.2) is 24.3 Å². The quantitative estimate of drug-likeness (QED) is 0.659. The Morgan fingerprint density at radius 3 is 2.69 bits per heavy atom. The predicted octanol–water partition coefficient (Wildman–Crippen LogP) is 2.14. The molecule has 0 saturated carbocycles. The normalized spacial score (nSPS) is 32.1. The molecule has 1 heterocycles. The average molecular weight is 178 g/mol. The summed E-state index contributed by atoms with van der Waals surface area (Å²) in [6.07, 6.45) is -0.301. The van der Waals surface area contributed by atoms with Crippen molar-refractivity contribution in [3.8, 4) is 5.75 Å². The van der Waals surface area contributed by atoms with Crippen LogP contribution in [0.25, 0.3) is 0 Å². The molecule has 1 aromatic rings. The Hall–Kier alpha value is -1.02. The lowest BCUT2D eigenvalue weighted by Crippen LogP contribution is -2.31. The Balaban J connectivity index is 2.43. The van der Waals surface area contributed by atoms with E-state index in [4.69, 9.17) is 4.74 Å². The van der Waals surface area contributed by atoms with Crippen LogP contribution in [-0.4, -0.2) is 11.2 Å². The highest BCUT2D eigenvalue weighted by atomic mass is 16.5. The third-order valence-electron chi connectivity index (χ3n) is 2.79. The first kappa shape index (κ1) is 8.57. The lowest BCUT2D eigenvalue weighted by atomic mass is 9.90. The molecule has 1 aliphatic rings. The monoisotopic (exact) mass is 178 g/mol. The molecule has 1 N–H and O–H groups in total. The number of fused-ring (bicyclic) bond motifs is 1. The Morgan fingerprint density at radius 1 is 1.23 bits per heavy atom. The molecule has 2 nitrogen and oxygen atoms in total. The fourth-order valence-electron chi connectivity index (χ4n) is 1.68. The summed E-state index contributed by atoms with van der Waals surface area (Å²) in [7, 11) is 0. The Labute approximate surface area is 78.2 Å². The van der Waals surface area contributed by atoms with E-state index in [9.17, 15) is 5.11 Å². The maximum absolute atomic E-state index is 9.92. The van der Waals surface area contributed by atoms with Crippen LogP contribution in [0.4, 0.5) is 0 Å². The average Bonchev–Trinajstić information content (AvgIpc) is 2.15. The molecule has 0 bridgehead atoms. The number of hydrogen-bond donors (Lipinski definition) is 1. The van der Waals surface area contributed by atoms with Gasteiger partial charge in [0.1, 0.15) is 11.9 Å². The summed E-state index contributed by atoms with van der Waals surface area (Å²) in [5, 5.41) is 9.92. The van der Waals surface area contributed by atoms with Crippen molar-refractivity contribution in [2.75, 3.05) is 0 Å². The second kappa shape index (κ2) is 3.04. The molecular formula is C11H14O2. The Morgan fingerprint density at radius 2 is 1.92 bits per heavy atom. The van der Waals surface area contributed by atoms with Crippen molar-refractivity contribution < 1.29 is 9.84 Å². The summed E-state index contributed by atoms with van der Waals surface area (Å²) in [6.45, 7) is 4.00. The minimum atomic E-state index is -0.389. The molecule has 0 spiro atoms. The lowest BCUT2D eigenvalue weighted by Gasteiger charge is -2.33. The number of ether oxygens (including phenoxy) is 1. The molecule has 0 fully saturated rings. The molecule has 0 aliphatic carbocycles. The van der Waals surface area contributed by atoms with Crippen LogP contribution in [0.3, 0.4) is 0 Å². The smallest absolute Gasteiger partial charge is 0.125 e. The highest BCUT2D eigenvalue weighted by Gasteiger charge is 2.30. The molecule has 2 rings (SSSR count). The molecule has 0 unspecified atom stereocenters. The summed E-state index contributed by atoms with van der Waals surface area (Å²) < 4.78 is 5.65. The van der Waals surface area contributed by atoms with E-state index in [2.05, 4.69) is 0 Å². The number of rotatable bonds is 0. The van der Waals surface area contributed by atoms with Gasteiger partial charge in [-0.2, -0.15) is 0 Å². The molecule has 1 aliphatic heterocycles. The fourth-order valence-corrected chi connectivity index (χ4v) is 1.68. The fraction of sp³-hybridized carbons (Fsp3) is 0.455. The van der Waals surface area contributed by atoms with Gasteiger partial charge >= 0.3 is 0 Å². The van der Waals surface area contributed by atoms with Gasteiger partial charge in [-0.15, -0.1) is 0 Å². The molecule has 0 saturated heterocycles. The van der Waals surface area contributed by atoms with Crippen LogP contribution in [0.2, 0.25) is 0 Å². The Kier molecular flexibility index (Phi) is 2.00. The van der Waals surface area contributed by atoms with Gasteiger partial charge in [-0.05, 0) is 13.0 Å². The second-order valence-electron chi connectivity index (χ2n) is 3.66. The van der Waals surface area contributed by atoms with Gasteiger partial charge in [0.05, 0.1) is 6.10 Å². The number of benzene rings is 1. The van der Waals surface area contributed by atoms with Crippen LogP contribution < -0.4 is 4.74 Å². The highest BCUT2D eigenvalue weighted by Crippen LogP contribution is 2.37. The SMILES string of the molecule is C[C@H]1[C@H](C)Oc2ccccc2[C@@H]1O. The second-order valence-corrected chi connectivity index (χ2v) is 3.66. The van der Waals surface area contributed by atoms with Crippen molar-refractivity contribution in [2.45, 2.75) is 26.1 Å². The van der Waals surface area contributed by atoms with E-state index >= 15 is 0 Å². The van der Waals surface area contributed by atoms with E-state index < -0.39 is 0 Å². The zero-order valence-electron chi connectivity index (χ0n) is 7.90. The molecule has 0 amide bonds. The first-order chi connectivity index (χ1) is 6.20. The number of aliphatic hydroxyl groups excluding tert-OH is 1. The van der Waals surface area contributed by atoms with Gasteiger partial charge in [-0.1, -0.05) is 25.1 Å². The zero-order chi connectivity index (χ0) is 9.42. The van der Waals surface area contributed by atoms with Gasteiger partial charge in [0.15, 0.2) is 0 Å². The van der Waals surface area contributed by atoms with E-state index in [-0.39, 0.29) is 18.1 Å². The van der Waals surface area contributed by atoms with Gasteiger partial charge in [0, 0.05) is 11.5 Å². The van der Waals surface area contributed by atoms with E-state index in [1.54, 1.807) is 0 Å². The lowest BCUT2D eigenvalue weighted by molar-refractivity contribution is 0.0175. The zero-order valence-corrected chi connectivity index (χ0v) is 7.90. The van der Waals surface area contributed by atoms with Crippen LogP contribution in [0.5, 0.6) is 5.75 Å². The molecular weight excluding hydrogens is 164 g/mol. The summed E-state index contributed by atoms with van der Waals surface area (Å²) >= 11 is 0. The third-order valence-corrected chi connectivity index (χ3v) is 2.79. The topological polar surface area (TPSA) is 29.5 Å². The van der Waals surface area contributed by atoms with Crippen molar-refractivity contribution in [1.82, 2.24) is 0 Å². The highest BCUT2D eigenvalue weighted by molar-refractivity contribution is 5.37.